The number of nitrogens with one attached hydrogen (secondary N) is 1. The van der Waals surface area contributed by atoms with Gasteiger partial charge in [0.05, 0.1) is 18.2 Å². The summed E-state index contributed by atoms with van der Waals surface area (Å²) in [7, 11) is 0. The van der Waals surface area contributed by atoms with Gasteiger partial charge in [0.2, 0.25) is 5.91 Å². The lowest BCUT2D eigenvalue weighted by Gasteiger charge is -2.27. The molecule has 0 saturated carbocycles. The monoisotopic (exact) mass is 287 g/mol. The molecule has 0 aliphatic rings. The van der Waals surface area contributed by atoms with E-state index in [1.807, 2.05) is 44.2 Å². The molecule has 2 N–H and O–H groups in total. The Bertz CT molecular complexity index is 586. The molecule has 0 saturated heterocycles. The topological polar surface area (TPSA) is 62.5 Å². The second kappa shape index (κ2) is 5.74. The van der Waals surface area contributed by atoms with Crippen LogP contribution in [0.2, 0.25) is 0 Å². The summed E-state index contributed by atoms with van der Waals surface area (Å²) in [6.45, 7) is 5.43. The quantitative estimate of drug-likeness (QED) is 0.888. The molecule has 1 heterocycles. The van der Waals surface area contributed by atoms with Crippen molar-refractivity contribution in [3.05, 3.63) is 60.1 Å². The van der Waals surface area contributed by atoms with Crippen molar-refractivity contribution in [2.75, 3.05) is 6.54 Å². The molecule has 4 heteroatoms. The minimum atomic E-state index is -1.23. The zero-order valence-corrected chi connectivity index (χ0v) is 12.6. The maximum atomic E-state index is 12.4. The minimum Gasteiger partial charge on any atom is -0.466 e. The Labute approximate surface area is 124 Å². The highest BCUT2D eigenvalue weighted by Gasteiger charge is 2.33. The van der Waals surface area contributed by atoms with Crippen molar-refractivity contribution >= 4 is 5.91 Å². The highest BCUT2D eigenvalue weighted by molar-refractivity contribution is 5.87. The van der Waals surface area contributed by atoms with Crippen LogP contribution < -0.4 is 5.32 Å². The summed E-state index contributed by atoms with van der Waals surface area (Å²) in [5.74, 6) is 0.292. The van der Waals surface area contributed by atoms with Crippen LogP contribution in [0, 0.1) is 0 Å². The zero-order valence-electron chi connectivity index (χ0n) is 12.6. The van der Waals surface area contributed by atoms with Crippen molar-refractivity contribution in [1.82, 2.24) is 5.32 Å². The third kappa shape index (κ3) is 3.34. The van der Waals surface area contributed by atoms with Crippen LogP contribution in [0.25, 0.3) is 0 Å². The summed E-state index contributed by atoms with van der Waals surface area (Å²) in [5.41, 5.74) is -0.966. The van der Waals surface area contributed by atoms with Crippen molar-refractivity contribution in [1.29, 1.82) is 0 Å². The summed E-state index contributed by atoms with van der Waals surface area (Å²) in [5, 5.41) is 13.2. The minimum absolute atomic E-state index is 0.0929. The van der Waals surface area contributed by atoms with Crippen LogP contribution in [-0.2, 0) is 15.8 Å². The predicted octanol–water partition coefficient (Wildman–Crippen LogP) is 2.58. The SMILES string of the molecule is CC(O)(CNC(=O)C(C)(C)c1ccccc1)c1ccco1. The standard InChI is InChI=1S/C17H21NO3/c1-16(2,13-8-5-4-6-9-13)15(19)18-12-17(3,20)14-10-7-11-21-14/h4-11,20H,12H2,1-3H3,(H,18,19). The maximum absolute atomic E-state index is 12.4. The number of carbonyl (C=O) groups is 1. The molecule has 112 valence electrons. The maximum Gasteiger partial charge on any atom is 0.230 e. The highest BCUT2D eigenvalue weighted by atomic mass is 16.4. The Morgan fingerprint density at radius 3 is 2.38 bits per heavy atom. The molecule has 0 aliphatic carbocycles. The molecule has 1 aromatic carbocycles. The smallest absolute Gasteiger partial charge is 0.230 e. The summed E-state index contributed by atoms with van der Waals surface area (Å²) in [6.07, 6.45) is 1.50. The van der Waals surface area contributed by atoms with Gasteiger partial charge in [-0.3, -0.25) is 4.79 Å². The molecule has 1 atom stereocenters. The number of furan rings is 1. The van der Waals surface area contributed by atoms with Gasteiger partial charge in [-0.15, -0.1) is 0 Å². The van der Waals surface area contributed by atoms with Crippen molar-refractivity contribution in [3.8, 4) is 0 Å². The predicted molar refractivity (Wildman–Crippen MR) is 80.8 cm³/mol. The first kappa shape index (κ1) is 15.3. The van der Waals surface area contributed by atoms with Crippen LogP contribution in [0.4, 0.5) is 0 Å². The van der Waals surface area contributed by atoms with Gasteiger partial charge in [-0.25, -0.2) is 0 Å². The summed E-state index contributed by atoms with van der Waals surface area (Å²) < 4.78 is 5.20. The van der Waals surface area contributed by atoms with E-state index in [9.17, 15) is 9.90 Å². The number of hydrogen-bond acceptors (Lipinski definition) is 3. The van der Waals surface area contributed by atoms with Gasteiger partial charge in [0.15, 0.2) is 0 Å². The first-order chi connectivity index (χ1) is 9.84. The van der Waals surface area contributed by atoms with Gasteiger partial charge in [0, 0.05) is 0 Å². The Morgan fingerprint density at radius 1 is 1.14 bits per heavy atom. The molecule has 0 radical (unpaired) electrons. The van der Waals surface area contributed by atoms with E-state index < -0.39 is 11.0 Å². The lowest BCUT2D eigenvalue weighted by atomic mass is 9.83. The molecule has 1 unspecified atom stereocenters. The van der Waals surface area contributed by atoms with E-state index in [2.05, 4.69) is 5.32 Å². The fourth-order valence-corrected chi connectivity index (χ4v) is 2.13. The third-order valence-electron chi connectivity index (χ3n) is 3.71. The van der Waals surface area contributed by atoms with E-state index in [0.29, 0.717) is 5.76 Å². The van der Waals surface area contributed by atoms with Crippen LogP contribution >= 0.6 is 0 Å². The van der Waals surface area contributed by atoms with E-state index in [4.69, 9.17) is 4.42 Å². The van der Waals surface area contributed by atoms with Gasteiger partial charge in [-0.05, 0) is 38.5 Å². The molecule has 0 fully saturated rings. The van der Waals surface area contributed by atoms with Crippen LogP contribution in [0.3, 0.4) is 0 Å². The molecular weight excluding hydrogens is 266 g/mol. The zero-order chi connectivity index (χ0) is 15.5. The number of aliphatic hydroxyl groups is 1. The molecule has 21 heavy (non-hydrogen) atoms. The van der Waals surface area contributed by atoms with E-state index in [0.717, 1.165) is 5.56 Å². The fourth-order valence-electron chi connectivity index (χ4n) is 2.13. The lowest BCUT2D eigenvalue weighted by molar-refractivity contribution is -0.127. The highest BCUT2D eigenvalue weighted by Crippen LogP contribution is 2.24. The summed E-state index contributed by atoms with van der Waals surface area (Å²) >= 11 is 0. The van der Waals surface area contributed by atoms with E-state index in [-0.39, 0.29) is 12.5 Å². The second-order valence-corrected chi connectivity index (χ2v) is 5.92. The van der Waals surface area contributed by atoms with Gasteiger partial charge in [0.25, 0.3) is 0 Å². The third-order valence-corrected chi connectivity index (χ3v) is 3.71. The van der Waals surface area contributed by atoms with Crippen molar-refractivity contribution in [3.63, 3.8) is 0 Å². The summed E-state index contributed by atoms with van der Waals surface area (Å²) in [6, 6.07) is 13.0. The van der Waals surface area contributed by atoms with Crippen LogP contribution in [0.5, 0.6) is 0 Å². The Balaban J connectivity index is 2.05. The van der Waals surface area contributed by atoms with Gasteiger partial charge in [-0.2, -0.15) is 0 Å². The largest absolute Gasteiger partial charge is 0.466 e. The molecule has 2 aromatic rings. The van der Waals surface area contributed by atoms with Gasteiger partial charge >= 0.3 is 0 Å². The molecule has 1 amide bonds. The fraction of sp³-hybridized carbons (Fsp3) is 0.353. The molecule has 2 rings (SSSR count). The number of amides is 1. The number of carbonyl (C=O) groups excluding carboxylic acids is 1. The molecule has 0 aliphatic heterocycles. The van der Waals surface area contributed by atoms with E-state index >= 15 is 0 Å². The Morgan fingerprint density at radius 2 is 1.81 bits per heavy atom. The Hall–Kier alpha value is -2.07. The molecule has 0 spiro atoms. The molecular formula is C17H21NO3. The number of rotatable bonds is 5. The first-order valence-electron chi connectivity index (χ1n) is 6.94. The molecule has 4 nitrogen and oxygen atoms in total. The van der Waals surface area contributed by atoms with Crippen LogP contribution in [-0.4, -0.2) is 17.6 Å². The van der Waals surface area contributed by atoms with Crippen LogP contribution in [0.1, 0.15) is 32.1 Å². The normalized spacial score (nSPS) is 14.5. The molecule has 0 bridgehead atoms. The first-order valence-corrected chi connectivity index (χ1v) is 6.94. The Kier molecular flexibility index (Phi) is 4.19. The van der Waals surface area contributed by atoms with Crippen molar-refractivity contribution < 1.29 is 14.3 Å². The summed E-state index contributed by atoms with van der Waals surface area (Å²) in [4.78, 5) is 12.4. The number of hydrogen-bond donors (Lipinski definition) is 2. The van der Waals surface area contributed by atoms with E-state index in [1.54, 1.807) is 19.1 Å². The number of benzene rings is 1. The van der Waals surface area contributed by atoms with E-state index in [1.165, 1.54) is 6.26 Å². The average molecular weight is 287 g/mol. The van der Waals surface area contributed by atoms with Gasteiger partial charge < -0.3 is 14.8 Å². The van der Waals surface area contributed by atoms with Gasteiger partial charge in [0.1, 0.15) is 11.4 Å². The molecule has 1 aromatic heterocycles. The van der Waals surface area contributed by atoms with Crippen LogP contribution in [0.15, 0.2) is 53.1 Å². The van der Waals surface area contributed by atoms with Crippen molar-refractivity contribution in [2.24, 2.45) is 0 Å². The van der Waals surface area contributed by atoms with Crippen molar-refractivity contribution in [2.45, 2.75) is 31.8 Å². The lowest BCUT2D eigenvalue weighted by Crippen LogP contribution is -2.45. The average Bonchev–Trinajstić information content (AvgIpc) is 3.00. The van der Waals surface area contributed by atoms with Gasteiger partial charge in [-0.1, -0.05) is 30.3 Å². The second-order valence-electron chi connectivity index (χ2n) is 5.92.